The lowest BCUT2D eigenvalue weighted by Gasteiger charge is -2.06. The average molecular weight is 220 g/mol. The topological polar surface area (TPSA) is 0 Å². The largest absolute Gasteiger partial charge is 0.0654 e. The van der Waals surface area contributed by atoms with E-state index in [4.69, 9.17) is 0 Å². The van der Waals surface area contributed by atoms with Crippen LogP contribution in [0.2, 0.25) is 0 Å². The van der Waals surface area contributed by atoms with Crippen molar-refractivity contribution in [2.24, 2.45) is 0 Å². The molecule has 3 rings (SSSR count). The molecular formula is C17H16. The van der Waals surface area contributed by atoms with Crippen LogP contribution in [0.5, 0.6) is 0 Å². The first-order valence-corrected chi connectivity index (χ1v) is 6.11. The Morgan fingerprint density at radius 1 is 0.824 bits per heavy atom. The lowest BCUT2D eigenvalue weighted by atomic mass is 9.99. The highest BCUT2D eigenvalue weighted by atomic mass is 14.2. The quantitative estimate of drug-likeness (QED) is 0.653. The molecule has 2 aromatic rings. The van der Waals surface area contributed by atoms with Crippen LogP contribution in [0.1, 0.15) is 25.0 Å². The zero-order valence-electron chi connectivity index (χ0n) is 10.3. The van der Waals surface area contributed by atoms with E-state index in [-0.39, 0.29) is 0 Å². The Hall–Kier alpha value is -1.82. The summed E-state index contributed by atoms with van der Waals surface area (Å²) in [6.45, 7) is 4.46. The van der Waals surface area contributed by atoms with Crippen molar-refractivity contribution in [1.29, 1.82) is 0 Å². The highest BCUT2D eigenvalue weighted by molar-refractivity contribution is 5.78. The van der Waals surface area contributed by atoms with E-state index in [1.165, 1.54) is 33.4 Å². The highest BCUT2D eigenvalue weighted by Crippen LogP contribution is 2.34. The molecule has 1 aliphatic rings. The molecule has 2 aromatic carbocycles. The number of hydrogen-bond acceptors (Lipinski definition) is 0. The van der Waals surface area contributed by atoms with Gasteiger partial charge in [0.2, 0.25) is 0 Å². The van der Waals surface area contributed by atoms with Crippen molar-refractivity contribution in [3.8, 4) is 11.1 Å². The minimum absolute atomic E-state index is 1.11. The molecule has 0 unspecified atom stereocenters. The molecule has 0 radical (unpaired) electrons. The van der Waals surface area contributed by atoms with Crippen LogP contribution >= 0.6 is 0 Å². The van der Waals surface area contributed by atoms with Gasteiger partial charge in [0.1, 0.15) is 0 Å². The molecule has 0 amide bonds. The number of fused-ring (bicyclic) bond motifs is 1. The molecule has 1 aliphatic carbocycles. The third-order valence-corrected chi connectivity index (χ3v) is 3.71. The maximum absolute atomic E-state index is 2.34. The van der Waals surface area contributed by atoms with Crippen molar-refractivity contribution < 1.29 is 0 Å². The molecule has 17 heavy (non-hydrogen) atoms. The molecule has 0 heteroatoms. The highest BCUT2D eigenvalue weighted by Gasteiger charge is 2.15. The monoisotopic (exact) mass is 220 g/mol. The van der Waals surface area contributed by atoms with Gasteiger partial charge in [-0.25, -0.2) is 0 Å². The van der Waals surface area contributed by atoms with Crippen molar-refractivity contribution in [2.75, 3.05) is 0 Å². The average Bonchev–Trinajstić information content (AvgIpc) is 2.66. The number of rotatable bonds is 1. The fourth-order valence-corrected chi connectivity index (χ4v) is 2.56. The van der Waals surface area contributed by atoms with Gasteiger partial charge in [-0.2, -0.15) is 0 Å². The van der Waals surface area contributed by atoms with Crippen LogP contribution in [-0.4, -0.2) is 0 Å². The predicted molar refractivity (Wildman–Crippen MR) is 73.9 cm³/mol. The fraction of sp³-hybridized carbons (Fsp3) is 0.176. The van der Waals surface area contributed by atoms with Crippen LogP contribution in [-0.2, 0) is 6.42 Å². The van der Waals surface area contributed by atoms with Gasteiger partial charge in [0, 0.05) is 0 Å². The third kappa shape index (κ3) is 1.70. The van der Waals surface area contributed by atoms with Crippen molar-refractivity contribution in [2.45, 2.75) is 20.3 Å². The maximum Gasteiger partial charge on any atom is -0.00577 e. The van der Waals surface area contributed by atoms with Gasteiger partial charge in [-0.1, -0.05) is 54.1 Å². The molecular weight excluding hydrogens is 204 g/mol. The van der Waals surface area contributed by atoms with Crippen LogP contribution < -0.4 is 0 Å². The molecule has 0 atom stereocenters. The van der Waals surface area contributed by atoms with E-state index in [2.05, 4.69) is 62.4 Å². The van der Waals surface area contributed by atoms with Crippen LogP contribution in [0.4, 0.5) is 0 Å². The Labute approximate surface area is 103 Å². The van der Waals surface area contributed by atoms with Crippen molar-refractivity contribution >= 4 is 5.57 Å². The second kappa shape index (κ2) is 3.89. The number of allylic oxidation sites excluding steroid dienone is 2. The molecule has 0 N–H and O–H groups in total. The van der Waals surface area contributed by atoms with Gasteiger partial charge in [-0.3, -0.25) is 0 Å². The molecule has 0 heterocycles. The Morgan fingerprint density at radius 2 is 1.59 bits per heavy atom. The second-order valence-corrected chi connectivity index (χ2v) is 4.82. The van der Waals surface area contributed by atoms with E-state index in [0.29, 0.717) is 0 Å². The van der Waals surface area contributed by atoms with E-state index >= 15 is 0 Å². The Morgan fingerprint density at radius 3 is 2.35 bits per heavy atom. The second-order valence-electron chi connectivity index (χ2n) is 4.82. The smallest absolute Gasteiger partial charge is 0.00577 e. The first-order chi connectivity index (χ1) is 8.25. The van der Waals surface area contributed by atoms with E-state index in [0.717, 1.165) is 6.42 Å². The zero-order chi connectivity index (χ0) is 11.8. The zero-order valence-corrected chi connectivity index (χ0v) is 10.3. The summed E-state index contributed by atoms with van der Waals surface area (Å²) in [6, 6.07) is 17.4. The minimum atomic E-state index is 1.11. The van der Waals surface area contributed by atoms with Crippen molar-refractivity contribution in [3.63, 3.8) is 0 Å². The molecule has 0 nitrogen and oxygen atoms in total. The third-order valence-electron chi connectivity index (χ3n) is 3.71. The summed E-state index contributed by atoms with van der Waals surface area (Å²) in [6.07, 6.45) is 1.11. The van der Waals surface area contributed by atoms with E-state index < -0.39 is 0 Å². The summed E-state index contributed by atoms with van der Waals surface area (Å²) in [5.41, 5.74) is 8.50. The SMILES string of the molecule is CC1=C(C)c2ccc(-c3ccccc3)cc2C1. The lowest BCUT2D eigenvalue weighted by molar-refractivity contribution is 1.19. The predicted octanol–water partition coefficient (Wildman–Crippen LogP) is 4.70. The summed E-state index contributed by atoms with van der Waals surface area (Å²) in [7, 11) is 0. The van der Waals surface area contributed by atoms with Crippen LogP contribution in [0.3, 0.4) is 0 Å². The summed E-state index contributed by atoms with van der Waals surface area (Å²) in [5, 5.41) is 0. The Balaban J connectivity index is 2.07. The van der Waals surface area contributed by atoms with E-state index in [1.54, 1.807) is 0 Å². The summed E-state index contributed by atoms with van der Waals surface area (Å²) in [4.78, 5) is 0. The van der Waals surface area contributed by atoms with Gasteiger partial charge >= 0.3 is 0 Å². The van der Waals surface area contributed by atoms with Gasteiger partial charge in [0.25, 0.3) is 0 Å². The number of hydrogen-bond donors (Lipinski definition) is 0. The van der Waals surface area contributed by atoms with E-state index in [1.807, 2.05) is 0 Å². The first kappa shape index (κ1) is 10.3. The molecule has 84 valence electrons. The molecule has 0 fully saturated rings. The minimum Gasteiger partial charge on any atom is -0.0654 e. The van der Waals surface area contributed by atoms with Gasteiger partial charge < -0.3 is 0 Å². The molecule has 0 aromatic heterocycles. The Bertz CT molecular complexity index is 589. The normalized spacial score (nSPS) is 14.0. The number of benzene rings is 2. The molecule has 0 spiro atoms. The van der Waals surface area contributed by atoms with Crippen molar-refractivity contribution in [1.82, 2.24) is 0 Å². The fourth-order valence-electron chi connectivity index (χ4n) is 2.56. The molecule has 0 aliphatic heterocycles. The van der Waals surface area contributed by atoms with Crippen LogP contribution in [0.15, 0.2) is 54.1 Å². The summed E-state index contributed by atoms with van der Waals surface area (Å²) >= 11 is 0. The molecule has 0 saturated heterocycles. The summed E-state index contributed by atoms with van der Waals surface area (Å²) < 4.78 is 0. The van der Waals surface area contributed by atoms with Gasteiger partial charge in [-0.05, 0) is 48.1 Å². The summed E-state index contributed by atoms with van der Waals surface area (Å²) in [5.74, 6) is 0. The van der Waals surface area contributed by atoms with Crippen LogP contribution in [0.25, 0.3) is 16.7 Å². The molecule has 0 bridgehead atoms. The lowest BCUT2D eigenvalue weighted by Crippen LogP contribution is -1.85. The van der Waals surface area contributed by atoms with Crippen molar-refractivity contribution in [3.05, 3.63) is 65.2 Å². The van der Waals surface area contributed by atoms with Gasteiger partial charge in [0.05, 0.1) is 0 Å². The first-order valence-electron chi connectivity index (χ1n) is 6.11. The Kier molecular flexibility index (Phi) is 2.36. The van der Waals surface area contributed by atoms with Crippen LogP contribution in [0, 0.1) is 0 Å². The van der Waals surface area contributed by atoms with E-state index in [9.17, 15) is 0 Å². The maximum atomic E-state index is 2.34. The van der Waals surface area contributed by atoms with Gasteiger partial charge in [0.15, 0.2) is 0 Å². The standard InChI is InChI=1S/C17H16/c1-12-10-16-11-15(8-9-17(16)13(12)2)14-6-4-3-5-7-14/h3-9,11H,10H2,1-2H3. The molecule has 0 saturated carbocycles. The van der Waals surface area contributed by atoms with Gasteiger partial charge in [-0.15, -0.1) is 0 Å².